The number of aryl methyl sites for hydroxylation is 1. The van der Waals surface area contributed by atoms with Gasteiger partial charge in [-0.25, -0.2) is 0 Å². The van der Waals surface area contributed by atoms with Crippen LogP contribution in [0.2, 0.25) is 15.1 Å². The smallest absolute Gasteiger partial charge is 0.0850 e. The van der Waals surface area contributed by atoms with E-state index < -0.39 is 0 Å². The van der Waals surface area contributed by atoms with E-state index in [1.807, 2.05) is 31.2 Å². The van der Waals surface area contributed by atoms with E-state index in [0.29, 0.717) is 15.1 Å². The molecule has 0 saturated heterocycles. The Morgan fingerprint density at radius 2 is 1.61 bits per heavy atom. The average molecular weight is 320 g/mol. The van der Waals surface area contributed by atoms with Gasteiger partial charge in [-0.1, -0.05) is 46.9 Å². The van der Waals surface area contributed by atoms with E-state index in [9.17, 15) is 0 Å². The molecule has 18 heavy (non-hydrogen) atoms. The predicted molar refractivity (Wildman–Crippen MR) is 80.3 cm³/mol. The Kier molecular flexibility index (Phi) is 4.45. The molecule has 1 atom stereocenters. The summed E-state index contributed by atoms with van der Waals surface area (Å²) in [4.78, 5) is 0. The van der Waals surface area contributed by atoms with Gasteiger partial charge in [0.1, 0.15) is 0 Å². The first-order chi connectivity index (χ1) is 8.47. The minimum absolute atomic E-state index is 0.341. The molecule has 0 N–H and O–H groups in total. The molecular weight excluding hydrogens is 310 g/mol. The van der Waals surface area contributed by atoms with Crippen LogP contribution in [0, 0.1) is 6.92 Å². The first-order valence-electron chi connectivity index (χ1n) is 5.33. The molecule has 4 heteroatoms. The normalized spacial score (nSPS) is 12.5. The van der Waals surface area contributed by atoms with Gasteiger partial charge in [0.15, 0.2) is 0 Å². The molecule has 94 valence electrons. The molecule has 0 fully saturated rings. The number of hydrogen-bond donors (Lipinski definition) is 0. The lowest BCUT2D eigenvalue weighted by molar-refractivity contribution is 1.13. The number of alkyl halides is 1. The van der Waals surface area contributed by atoms with Crippen molar-refractivity contribution in [1.29, 1.82) is 0 Å². The number of benzene rings is 2. The highest BCUT2D eigenvalue weighted by molar-refractivity contribution is 6.36. The van der Waals surface area contributed by atoms with E-state index in [2.05, 4.69) is 0 Å². The van der Waals surface area contributed by atoms with Crippen molar-refractivity contribution in [2.24, 2.45) is 0 Å². The summed E-state index contributed by atoms with van der Waals surface area (Å²) in [5, 5.41) is 1.47. The lowest BCUT2D eigenvalue weighted by atomic mass is 10.0. The molecule has 0 amide bonds. The molecule has 1 unspecified atom stereocenters. The topological polar surface area (TPSA) is 0 Å². The van der Waals surface area contributed by atoms with Crippen molar-refractivity contribution in [3.63, 3.8) is 0 Å². The summed E-state index contributed by atoms with van der Waals surface area (Å²) in [7, 11) is 0. The third kappa shape index (κ3) is 3.13. The highest BCUT2D eigenvalue weighted by Gasteiger charge is 2.15. The van der Waals surface area contributed by atoms with Crippen LogP contribution in [-0.2, 0) is 0 Å². The molecule has 0 aliphatic heterocycles. The van der Waals surface area contributed by atoms with Crippen LogP contribution in [0.5, 0.6) is 0 Å². The molecule has 2 rings (SSSR count). The summed E-state index contributed by atoms with van der Waals surface area (Å²) < 4.78 is 0. The van der Waals surface area contributed by atoms with E-state index in [0.717, 1.165) is 16.7 Å². The Hall–Kier alpha value is -0.400. The second-order valence-electron chi connectivity index (χ2n) is 4.09. The Balaban J connectivity index is 2.44. The molecule has 0 aromatic heterocycles. The Morgan fingerprint density at radius 1 is 0.889 bits per heavy atom. The maximum atomic E-state index is 6.45. The molecule has 0 heterocycles. The maximum absolute atomic E-state index is 6.45. The maximum Gasteiger partial charge on any atom is 0.0850 e. The lowest BCUT2D eigenvalue weighted by Crippen LogP contribution is -1.95. The van der Waals surface area contributed by atoms with Gasteiger partial charge in [-0.05, 0) is 47.9 Å². The van der Waals surface area contributed by atoms with Gasteiger partial charge in [0, 0.05) is 15.1 Å². The monoisotopic (exact) mass is 318 g/mol. The van der Waals surface area contributed by atoms with Crippen molar-refractivity contribution in [2.45, 2.75) is 12.3 Å². The molecule has 0 saturated carbocycles. The standard InChI is InChI=1S/C14H10Cl4/c1-8-4-9(6-11(16)5-8)14(18)12-3-2-10(15)7-13(12)17/h2-7,14H,1H3. The predicted octanol–water partition coefficient (Wildman–Crippen LogP) is 6.28. The van der Waals surface area contributed by atoms with E-state index in [1.54, 1.807) is 12.1 Å². The fraction of sp³-hybridized carbons (Fsp3) is 0.143. The van der Waals surface area contributed by atoms with Crippen molar-refractivity contribution >= 4 is 46.4 Å². The SMILES string of the molecule is Cc1cc(Cl)cc(C(Cl)c2ccc(Cl)cc2Cl)c1. The fourth-order valence-corrected chi connectivity index (χ4v) is 2.99. The lowest BCUT2D eigenvalue weighted by Gasteiger charge is -2.13. The van der Waals surface area contributed by atoms with E-state index in [4.69, 9.17) is 46.4 Å². The molecule has 0 radical (unpaired) electrons. The first-order valence-corrected chi connectivity index (χ1v) is 6.90. The summed E-state index contributed by atoms with van der Waals surface area (Å²) in [6, 6.07) is 11.0. The van der Waals surface area contributed by atoms with Crippen LogP contribution < -0.4 is 0 Å². The molecule has 0 aliphatic carbocycles. The molecule has 0 aliphatic rings. The highest BCUT2D eigenvalue weighted by Crippen LogP contribution is 2.36. The summed E-state index contributed by atoms with van der Waals surface area (Å²) in [5.74, 6) is 0. The van der Waals surface area contributed by atoms with Gasteiger partial charge in [0.05, 0.1) is 5.38 Å². The molecule has 0 spiro atoms. The molecule has 0 bridgehead atoms. The van der Waals surface area contributed by atoms with Crippen LogP contribution in [-0.4, -0.2) is 0 Å². The summed E-state index contributed by atoms with van der Waals surface area (Å²) in [6.45, 7) is 1.97. The third-order valence-corrected chi connectivity index (χ3v) is 3.86. The van der Waals surface area contributed by atoms with Gasteiger partial charge in [-0.2, -0.15) is 0 Å². The fourth-order valence-electron chi connectivity index (χ4n) is 1.80. The van der Waals surface area contributed by atoms with Gasteiger partial charge < -0.3 is 0 Å². The van der Waals surface area contributed by atoms with Crippen molar-refractivity contribution in [3.05, 3.63) is 68.2 Å². The molecule has 0 nitrogen and oxygen atoms in total. The summed E-state index contributed by atoms with van der Waals surface area (Å²) in [5.41, 5.74) is 2.81. The third-order valence-electron chi connectivity index (χ3n) is 2.59. The van der Waals surface area contributed by atoms with Crippen LogP contribution >= 0.6 is 46.4 Å². The first kappa shape index (κ1) is 14.0. The van der Waals surface area contributed by atoms with Gasteiger partial charge in [-0.3, -0.25) is 0 Å². The van der Waals surface area contributed by atoms with E-state index >= 15 is 0 Å². The van der Waals surface area contributed by atoms with Crippen LogP contribution in [0.25, 0.3) is 0 Å². The van der Waals surface area contributed by atoms with E-state index in [1.165, 1.54) is 0 Å². The number of halogens is 4. The highest BCUT2D eigenvalue weighted by atomic mass is 35.5. The Bertz CT molecular complexity index is 558. The molecular formula is C14H10Cl4. The second-order valence-corrected chi connectivity index (χ2v) is 5.81. The van der Waals surface area contributed by atoms with Crippen molar-refractivity contribution < 1.29 is 0 Å². The van der Waals surface area contributed by atoms with Gasteiger partial charge in [0.2, 0.25) is 0 Å². The second kappa shape index (κ2) is 5.71. The molecule has 2 aromatic rings. The van der Waals surface area contributed by atoms with Crippen LogP contribution in [0.3, 0.4) is 0 Å². The van der Waals surface area contributed by atoms with E-state index in [-0.39, 0.29) is 5.38 Å². The quantitative estimate of drug-likeness (QED) is 0.571. The van der Waals surface area contributed by atoms with Crippen LogP contribution in [0.1, 0.15) is 22.1 Å². The summed E-state index contributed by atoms with van der Waals surface area (Å²) in [6.07, 6.45) is 0. The number of rotatable bonds is 2. The van der Waals surface area contributed by atoms with Crippen molar-refractivity contribution in [2.75, 3.05) is 0 Å². The summed E-state index contributed by atoms with van der Waals surface area (Å²) >= 11 is 24.5. The average Bonchev–Trinajstić information content (AvgIpc) is 2.26. The Morgan fingerprint density at radius 3 is 2.22 bits per heavy atom. The zero-order valence-electron chi connectivity index (χ0n) is 9.55. The number of hydrogen-bond acceptors (Lipinski definition) is 0. The van der Waals surface area contributed by atoms with Gasteiger partial charge in [0.25, 0.3) is 0 Å². The largest absolute Gasteiger partial charge is 0.113 e. The van der Waals surface area contributed by atoms with Gasteiger partial charge >= 0.3 is 0 Å². The zero-order chi connectivity index (χ0) is 13.3. The van der Waals surface area contributed by atoms with Gasteiger partial charge in [-0.15, -0.1) is 11.6 Å². The minimum atomic E-state index is -0.341. The Labute approximate surface area is 126 Å². The van der Waals surface area contributed by atoms with Crippen LogP contribution in [0.15, 0.2) is 36.4 Å². The van der Waals surface area contributed by atoms with Crippen LogP contribution in [0.4, 0.5) is 0 Å². The minimum Gasteiger partial charge on any atom is -0.113 e. The van der Waals surface area contributed by atoms with Crippen molar-refractivity contribution in [3.8, 4) is 0 Å². The molecule has 2 aromatic carbocycles. The zero-order valence-corrected chi connectivity index (χ0v) is 12.6. The van der Waals surface area contributed by atoms with Crippen molar-refractivity contribution in [1.82, 2.24) is 0 Å².